The van der Waals surface area contributed by atoms with Gasteiger partial charge >= 0.3 is 0 Å². The number of hydrogen-bond acceptors (Lipinski definition) is 4. The molecule has 1 saturated heterocycles. The third-order valence-corrected chi connectivity index (χ3v) is 8.34. The van der Waals surface area contributed by atoms with Crippen LogP contribution in [0.25, 0.3) is 6.08 Å². The van der Waals surface area contributed by atoms with E-state index in [1.807, 2.05) is 109 Å². The molecule has 1 aliphatic rings. The fourth-order valence-electron chi connectivity index (χ4n) is 6.06. The lowest BCUT2D eigenvalue weighted by Crippen LogP contribution is -2.51. The van der Waals surface area contributed by atoms with Crippen molar-refractivity contribution in [3.05, 3.63) is 102 Å². The van der Waals surface area contributed by atoms with Crippen LogP contribution in [0.15, 0.2) is 91.0 Å². The zero-order valence-corrected chi connectivity index (χ0v) is 27.5. The maximum atomic E-state index is 13.9. The number of nitrogens with zero attached hydrogens (tertiary/aromatic N) is 1. The van der Waals surface area contributed by atoms with Gasteiger partial charge in [0, 0.05) is 31.5 Å². The van der Waals surface area contributed by atoms with Crippen molar-refractivity contribution >= 4 is 23.8 Å². The molecule has 0 radical (unpaired) electrons. The van der Waals surface area contributed by atoms with Crippen LogP contribution in [0.4, 0.5) is 0 Å². The third kappa shape index (κ3) is 10.6. The van der Waals surface area contributed by atoms with Crippen LogP contribution < -0.4 is 15.4 Å². The van der Waals surface area contributed by atoms with Gasteiger partial charge in [-0.3, -0.25) is 14.4 Å². The summed E-state index contributed by atoms with van der Waals surface area (Å²) in [4.78, 5) is 43.1. The van der Waals surface area contributed by atoms with Crippen LogP contribution in [0.2, 0.25) is 0 Å². The molecule has 2 N–H and O–H groups in total. The first-order valence-corrected chi connectivity index (χ1v) is 16.7. The van der Waals surface area contributed by atoms with E-state index in [1.54, 1.807) is 0 Å². The minimum atomic E-state index is -0.618. The predicted molar refractivity (Wildman–Crippen MR) is 184 cm³/mol. The Kier molecular flexibility index (Phi) is 13.4. The van der Waals surface area contributed by atoms with Gasteiger partial charge in [0.15, 0.2) is 0 Å². The largest absolute Gasteiger partial charge is 0.457 e. The molecular formula is C39H49N3O4. The second kappa shape index (κ2) is 17.9. The molecule has 4 rings (SSSR count). The van der Waals surface area contributed by atoms with Gasteiger partial charge in [-0.1, -0.05) is 100 Å². The fourth-order valence-corrected chi connectivity index (χ4v) is 6.06. The summed E-state index contributed by atoms with van der Waals surface area (Å²) in [7, 11) is 0. The second-order valence-corrected chi connectivity index (χ2v) is 12.6. The van der Waals surface area contributed by atoms with Crippen LogP contribution in [0, 0.1) is 17.8 Å². The van der Waals surface area contributed by atoms with Gasteiger partial charge in [0.25, 0.3) is 0 Å². The zero-order chi connectivity index (χ0) is 32.7. The molecule has 46 heavy (non-hydrogen) atoms. The standard InChI is InChI=1S/C39H49N3O4/c1-4-15-34(37(43)40-24-14-19-30-16-7-5-8-17-30)35(26-29(2)3)38(44)41-36-23-11-12-25-42(39(36)45)28-31-18-13-22-33(27-31)46-32-20-9-6-10-21-32/h5-10,13-14,16-22,27,29,34-36H,4,11-12,15,23-26,28H2,1-3H3,(H,40,43)(H,41,44)/t34?,35?,36-/m0/s1. The summed E-state index contributed by atoms with van der Waals surface area (Å²) in [5.41, 5.74) is 2.03. The van der Waals surface area contributed by atoms with Crippen molar-refractivity contribution in [1.82, 2.24) is 15.5 Å². The molecule has 3 amide bonds. The lowest BCUT2D eigenvalue weighted by Gasteiger charge is -2.30. The molecular weight excluding hydrogens is 574 g/mol. The van der Waals surface area contributed by atoms with E-state index >= 15 is 0 Å². The molecule has 3 aromatic carbocycles. The van der Waals surface area contributed by atoms with E-state index in [-0.39, 0.29) is 23.6 Å². The second-order valence-electron chi connectivity index (χ2n) is 12.6. The molecule has 7 heteroatoms. The topological polar surface area (TPSA) is 87.7 Å². The van der Waals surface area contributed by atoms with E-state index in [9.17, 15) is 14.4 Å². The Morgan fingerprint density at radius 3 is 2.35 bits per heavy atom. The van der Waals surface area contributed by atoms with E-state index < -0.39 is 17.9 Å². The molecule has 0 spiro atoms. The van der Waals surface area contributed by atoms with Crippen molar-refractivity contribution in [2.75, 3.05) is 13.1 Å². The fraction of sp³-hybridized carbons (Fsp3) is 0.410. The molecule has 3 aromatic rings. The summed E-state index contributed by atoms with van der Waals surface area (Å²) in [6.45, 7) is 7.62. The molecule has 1 heterocycles. The monoisotopic (exact) mass is 623 g/mol. The Hall–Kier alpha value is -4.39. The Balaban J connectivity index is 1.41. The number of nitrogens with one attached hydrogen (secondary N) is 2. The quantitative estimate of drug-likeness (QED) is 0.185. The maximum Gasteiger partial charge on any atom is 0.245 e. The highest BCUT2D eigenvalue weighted by atomic mass is 16.5. The Labute approximate surface area is 274 Å². The molecule has 244 valence electrons. The number of carbonyl (C=O) groups is 3. The summed E-state index contributed by atoms with van der Waals surface area (Å²) < 4.78 is 6.01. The molecule has 0 bridgehead atoms. The number of para-hydroxylation sites is 1. The molecule has 0 aliphatic carbocycles. The highest BCUT2D eigenvalue weighted by Crippen LogP contribution is 2.27. The summed E-state index contributed by atoms with van der Waals surface area (Å²) >= 11 is 0. The minimum Gasteiger partial charge on any atom is -0.457 e. The first-order chi connectivity index (χ1) is 22.3. The van der Waals surface area contributed by atoms with Crippen LogP contribution in [-0.4, -0.2) is 41.8 Å². The number of amides is 3. The number of likely N-dealkylation sites (tertiary alicyclic amines) is 1. The Morgan fingerprint density at radius 1 is 0.913 bits per heavy atom. The number of rotatable bonds is 15. The van der Waals surface area contributed by atoms with Gasteiger partial charge in [0.2, 0.25) is 17.7 Å². The van der Waals surface area contributed by atoms with E-state index in [2.05, 4.69) is 24.5 Å². The maximum absolute atomic E-state index is 13.9. The smallest absolute Gasteiger partial charge is 0.245 e. The van der Waals surface area contributed by atoms with Crippen molar-refractivity contribution in [3.8, 4) is 11.5 Å². The minimum absolute atomic E-state index is 0.0777. The SMILES string of the molecule is CCCC(C(=O)NCC=Cc1ccccc1)C(CC(C)C)C(=O)N[C@H]1CCCCN(Cc2cccc(Oc3ccccc3)c2)C1=O. The van der Waals surface area contributed by atoms with Gasteiger partial charge < -0.3 is 20.3 Å². The summed E-state index contributed by atoms with van der Waals surface area (Å²) in [5, 5.41) is 6.14. The number of ether oxygens (including phenoxy) is 1. The summed E-state index contributed by atoms with van der Waals surface area (Å²) in [6, 6.07) is 26.7. The van der Waals surface area contributed by atoms with E-state index in [0.717, 1.165) is 36.1 Å². The van der Waals surface area contributed by atoms with Gasteiger partial charge in [-0.15, -0.1) is 0 Å². The summed E-state index contributed by atoms with van der Waals surface area (Å²) in [6.07, 6.45) is 8.15. The van der Waals surface area contributed by atoms with E-state index in [1.165, 1.54) is 0 Å². The molecule has 2 unspecified atom stereocenters. The van der Waals surface area contributed by atoms with Crippen molar-refractivity contribution < 1.29 is 19.1 Å². The molecule has 1 aliphatic heterocycles. The molecule has 0 aromatic heterocycles. The van der Waals surface area contributed by atoms with Crippen LogP contribution in [0.5, 0.6) is 11.5 Å². The summed E-state index contributed by atoms with van der Waals surface area (Å²) in [5.74, 6) is 0.286. The number of benzene rings is 3. The zero-order valence-electron chi connectivity index (χ0n) is 27.5. The average molecular weight is 624 g/mol. The molecule has 1 fully saturated rings. The van der Waals surface area contributed by atoms with Gasteiger partial charge in [-0.2, -0.15) is 0 Å². The third-order valence-electron chi connectivity index (χ3n) is 8.34. The molecule has 7 nitrogen and oxygen atoms in total. The number of hydrogen-bond donors (Lipinski definition) is 2. The van der Waals surface area contributed by atoms with Crippen molar-refractivity contribution in [3.63, 3.8) is 0 Å². The first-order valence-electron chi connectivity index (χ1n) is 16.7. The van der Waals surface area contributed by atoms with E-state index in [4.69, 9.17) is 4.74 Å². The average Bonchev–Trinajstić information content (AvgIpc) is 3.22. The van der Waals surface area contributed by atoms with Crippen molar-refractivity contribution in [2.45, 2.75) is 71.9 Å². The number of carbonyl (C=O) groups excluding carboxylic acids is 3. The van der Waals surface area contributed by atoms with Gasteiger partial charge in [-0.05, 0) is 73.4 Å². The van der Waals surface area contributed by atoms with Crippen molar-refractivity contribution in [1.29, 1.82) is 0 Å². The van der Waals surface area contributed by atoms with Gasteiger partial charge in [-0.25, -0.2) is 0 Å². The Morgan fingerprint density at radius 2 is 1.63 bits per heavy atom. The molecule has 3 atom stereocenters. The van der Waals surface area contributed by atoms with Gasteiger partial charge in [0.1, 0.15) is 17.5 Å². The van der Waals surface area contributed by atoms with Crippen LogP contribution in [0.1, 0.15) is 70.4 Å². The normalized spacial score (nSPS) is 16.6. The first kappa shape index (κ1) is 34.5. The van der Waals surface area contributed by atoms with Crippen LogP contribution in [0.3, 0.4) is 0 Å². The van der Waals surface area contributed by atoms with Crippen LogP contribution in [-0.2, 0) is 20.9 Å². The van der Waals surface area contributed by atoms with Gasteiger partial charge in [0.05, 0.1) is 0 Å². The highest BCUT2D eigenvalue weighted by molar-refractivity contribution is 5.91. The molecule has 0 saturated carbocycles. The van der Waals surface area contributed by atoms with Crippen LogP contribution >= 0.6 is 0 Å². The Bertz CT molecular complexity index is 1420. The van der Waals surface area contributed by atoms with E-state index in [0.29, 0.717) is 44.6 Å². The lowest BCUT2D eigenvalue weighted by molar-refractivity contribution is -0.140. The van der Waals surface area contributed by atoms with Crippen molar-refractivity contribution in [2.24, 2.45) is 17.8 Å². The lowest BCUT2D eigenvalue weighted by atomic mass is 9.81. The highest BCUT2D eigenvalue weighted by Gasteiger charge is 2.36. The predicted octanol–water partition coefficient (Wildman–Crippen LogP) is 7.38.